The van der Waals surface area contributed by atoms with Crippen LogP contribution in [0.15, 0.2) is 228 Å². The third-order valence-corrected chi connectivity index (χ3v) is 15.4. The third kappa shape index (κ3) is 7.64. The number of benzene rings is 9. The largest absolute Gasteiger partial charge is 0.456 e. The zero-order chi connectivity index (χ0) is 54.3. The lowest BCUT2D eigenvalue weighted by Gasteiger charge is -2.15. The molecule has 386 valence electrons. The van der Waals surface area contributed by atoms with Crippen LogP contribution in [0.1, 0.15) is 37.5 Å². The summed E-state index contributed by atoms with van der Waals surface area (Å²) < 4.78 is 22.1. The van der Waals surface area contributed by atoms with Crippen molar-refractivity contribution in [3.05, 3.63) is 236 Å². The van der Waals surface area contributed by atoms with Crippen LogP contribution in [0.25, 0.3) is 145 Å². The molecule has 0 fully saturated rings. The van der Waals surface area contributed by atoms with Gasteiger partial charge in [0.25, 0.3) is 0 Å². The van der Waals surface area contributed by atoms with Crippen LogP contribution in [0.5, 0.6) is 0 Å². The van der Waals surface area contributed by atoms with Crippen molar-refractivity contribution in [2.45, 2.75) is 41.5 Å². The van der Waals surface area contributed by atoms with Crippen molar-refractivity contribution in [1.29, 1.82) is 0 Å². The molecule has 7 aromatic heterocycles. The molecule has 0 aliphatic rings. The first-order chi connectivity index (χ1) is 39.2. The number of pyridine rings is 1. The van der Waals surface area contributed by atoms with E-state index in [4.69, 9.17) is 23.8 Å². The number of para-hydroxylation sites is 8. The quantitative estimate of drug-likeness (QED) is 0.160. The van der Waals surface area contributed by atoms with Crippen LogP contribution in [0, 0.1) is 20.8 Å². The summed E-state index contributed by atoms with van der Waals surface area (Å²) in [7, 11) is 0. The molecule has 0 unspecified atom stereocenters. The van der Waals surface area contributed by atoms with Crippen LogP contribution < -0.4 is 0 Å². The molecule has 80 heavy (non-hydrogen) atoms. The smallest absolute Gasteiger partial charge is 0.220 e. The highest BCUT2D eigenvalue weighted by molar-refractivity contribution is 6.09. The minimum Gasteiger partial charge on any atom is -0.456 e. The summed E-state index contributed by atoms with van der Waals surface area (Å²) in [5, 5.41) is 4.11. The molecule has 16 aromatic rings. The highest BCUT2D eigenvalue weighted by atomic mass is 16.3. The highest BCUT2D eigenvalue weighted by Crippen LogP contribution is 2.41. The topological polar surface area (TPSA) is 83.6 Å². The average molecular weight is 1040 g/mol. The maximum Gasteiger partial charge on any atom is 0.220 e. The van der Waals surface area contributed by atoms with Crippen molar-refractivity contribution in [3.63, 3.8) is 0 Å². The van der Waals surface area contributed by atoms with Gasteiger partial charge in [-0.2, -0.15) is 0 Å². The molecule has 0 atom stereocenters. The van der Waals surface area contributed by atoms with E-state index in [2.05, 4.69) is 227 Å². The predicted octanol–water partition coefficient (Wildman–Crippen LogP) is 19.1. The fourth-order valence-electron chi connectivity index (χ4n) is 11.9. The lowest BCUT2D eigenvalue weighted by Crippen LogP contribution is -1.96. The summed E-state index contributed by atoms with van der Waals surface area (Å²) in [6.07, 6.45) is 5.75. The third-order valence-electron chi connectivity index (χ3n) is 15.4. The molecular weight excluding hydrogens is 983 g/mol. The van der Waals surface area contributed by atoms with Gasteiger partial charge >= 0.3 is 0 Å². The lowest BCUT2D eigenvalue weighted by molar-refractivity contribution is 0.668. The number of aromatic nitrogens is 7. The monoisotopic (exact) mass is 1040 g/mol. The van der Waals surface area contributed by atoms with Crippen LogP contribution in [-0.4, -0.2) is 32.9 Å². The van der Waals surface area contributed by atoms with Gasteiger partial charge in [-0.25, -0.2) is 15.0 Å². The summed E-state index contributed by atoms with van der Waals surface area (Å²) in [6, 6.07) is 68.6. The maximum absolute atomic E-state index is 6.57. The Hall–Kier alpha value is -10.3. The van der Waals surface area contributed by atoms with Crippen molar-refractivity contribution >= 4 is 99.6 Å². The number of aryl methyl sites for hydroxylation is 3. The molecule has 7 heterocycles. The predicted molar refractivity (Wildman–Crippen MR) is 332 cm³/mol. The van der Waals surface area contributed by atoms with Crippen molar-refractivity contribution in [2.75, 3.05) is 0 Å². The fourth-order valence-corrected chi connectivity index (χ4v) is 11.9. The van der Waals surface area contributed by atoms with Crippen molar-refractivity contribution in [2.24, 2.45) is 0 Å². The summed E-state index contributed by atoms with van der Waals surface area (Å²) in [5.41, 5.74) is 23.4. The SMILES string of the molecule is C/C=C\C.C=CC.Cc1cc(C)c(-c2cc(-c3ccc4oc5ccc(-n6c7ccccc7n7c8ccccc8nc67)cc5c4c3)cc(-c3ccc4oc5ccc(-n6c7ccccc7n7c8ccccc8nc67)cc5c4c3)n2)c(C)c1. The minimum atomic E-state index is 0.817. The lowest BCUT2D eigenvalue weighted by atomic mass is 9.93. The summed E-state index contributed by atoms with van der Waals surface area (Å²) in [5.74, 6) is 1.74. The van der Waals surface area contributed by atoms with Gasteiger partial charge < -0.3 is 8.83 Å². The molecule has 9 aromatic carbocycles. The van der Waals surface area contributed by atoms with Crippen molar-refractivity contribution in [3.8, 4) is 45.0 Å². The van der Waals surface area contributed by atoms with E-state index < -0.39 is 0 Å². The number of allylic oxidation sites excluding steroid dienone is 3. The first kappa shape index (κ1) is 48.1. The van der Waals surface area contributed by atoms with E-state index in [1.54, 1.807) is 6.08 Å². The molecule has 0 aliphatic heterocycles. The van der Waals surface area contributed by atoms with Gasteiger partial charge in [-0.1, -0.05) is 90.5 Å². The Balaban J connectivity index is 0.000000783. The average Bonchev–Trinajstić information content (AvgIpc) is 4.43. The molecule has 9 heteroatoms. The number of nitrogens with zero attached hydrogens (tertiary/aromatic N) is 7. The van der Waals surface area contributed by atoms with Crippen molar-refractivity contribution in [1.82, 2.24) is 32.9 Å². The molecule has 0 aliphatic carbocycles. The summed E-state index contributed by atoms with van der Waals surface area (Å²) in [4.78, 5) is 15.8. The van der Waals surface area contributed by atoms with Crippen LogP contribution in [0.3, 0.4) is 0 Å². The molecule has 0 bridgehead atoms. The van der Waals surface area contributed by atoms with Crippen LogP contribution in [0.2, 0.25) is 0 Å². The van der Waals surface area contributed by atoms with Gasteiger partial charge in [0, 0.05) is 32.7 Å². The van der Waals surface area contributed by atoms with Gasteiger partial charge in [0.15, 0.2) is 0 Å². The zero-order valence-electron chi connectivity index (χ0n) is 45.4. The molecule has 0 radical (unpaired) electrons. The molecule has 0 amide bonds. The van der Waals surface area contributed by atoms with Crippen LogP contribution in [0.4, 0.5) is 0 Å². The number of furan rings is 2. The van der Waals surface area contributed by atoms with E-state index in [1.165, 1.54) is 16.7 Å². The Morgan fingerprint density at radius 1 is 0.388 bits per heavy atom. The zero-order valence-corrected chi connectivity index (χ0v) is 45.4. The first-order valence-corrected chi connectivity index (χ1v) is 27.1. The van der Waals surface area contributed by atoms with Gasteiger partial charge in [-0.15, -0.1) is 6.58 Å². The molecular formula is C71H55N7O2. The summed E-state index contributed by atoms with van der Waals surface area (Å²) in [6.45, 7) is 15.8. The Morgan fingerprint density at radius 2 is 0.787 bits per heavy atom. The normalized spacial score (nSPS) is 11.9. The number of hydrogen-bond donors (Lipinski definition) is 0. The molecule has 9 nitrogen and oxygen atoms in total. The molecule has 0 spiro atoms. The second kappa shape index (κ2) is 19.0. The molecule has 16 rings (SSSR count). The molecule has 0 N–H and O–H groups in total. The molecule has 0 saturated heterocycles. The molecule has 0 saturated carbocycles. The minimum absolute atomic E-state index is 0.817. The van der Waals surface area contributed by atoms with Crippen LogP contribution >= 0.6 is 0 Å². The van der Waals surface area contributed by atoms with E-state index in [-0.39, 0.29) is 0 Å². The highest BCUT2D eigenvalue weighted by Gasteiger charge is 2.22. The fraction of sp³-hybridized carbons (Fsp3) is 0.0845. The number of imidazole rings is 4. The van der Waals surface area contributed by atoms with E-state index in [0.717, 1.165) is 145 Å². The van der Waals surface area contributed by atoms with Crippen LogP contribution in [-0.2, 0) is 0 Å². The van der Waals surface area contributed by atoms with Gasteiger partial charge in [0.2, 0.25) is 11.6 Å². The maximum atomic E-state index is 6.57. The number of fused-ring (bicyclic) bond motifs is 16. The Bertz CT molecular complexity index is 4870. The standard InChI is InChI=1S/C64H41N7O2.C4H8.C3H6/c1-36-28-37(2)62(38(3)29-36)51-33-41(39-20-24-58-44(30-39)46-34-42(22-26-60(46)72-58)68-54-16-8-10-18-56(54)70-52-14-6-4-12-48(52)66-63(68)70)32-50(65-51)40-21-25-59-45(31-40)47-35-43(23-27-61(47)73-59)69-55-17-9-11-19-57(55)71-53-15-7-5-13-49(53)67-64(69)71;1-3-4-2;1-3-2/h4-35H,1-3H3;3-4H,1-2H3;3H,1H2,2H3/b;4-3-;. The second-order valence-corrected chi connectivity index (χ2v) is 20.6. The van der Waals surface area contributed by atoms with E-state index in [1.807, 2.05) is 45.1 Å². The van der Waals surface area contributed by atoms with Gasteiger partial charge in [0.05, 0.1) is 66.9 Å². The second-order valence-electron chi connectivity index (χ2n) is 20.6. The number of hydrogen-bond acceptors (Lipinski definition) is 5. The number of rotatable bonds is 5. The Kier molecular flexibility index (Phi) is 11.5. The van der Waals surface area contributed by atoms with E-state index >= 15 is 0 Å². The van der Waals surface area contributed by atoms with E-state index in [9.17, 15) is 0 Å². The van der Waals surface area contributed by atoms with Crippen molar-refractivity contribution < 1.29 is 8.83 Å². The Morgan fingerprint density at radius 3 is 1.27 bits per heavy atom. The van der Waals surface area contributed by atoms with E-state index in [0.29, 0.717) is 0 Å². The van der Waals surface area contributed by atoms with Gasteiger partial charge in [0.1, 0.15) is 22.3 Å². The Labute approximate surface area is 461 Å². The first-order valence-electron chi connectivity index (χ1n) is 27.1. The van der Waals surface area contributed by atoms with Gasteiger partial charge in [-0.05, 0) is 191 Å². The van der Waals surface area contributed by atoms with Gasteiger partial charge in [-0.3, -0.25) is 17.9 Å². The summed E-state index contributed by atoms with van der Waals surface area (Å²) >= 11 is 0.